The van der Waals surface area contributed by atoms with Crippen LogP contribution in [0.3, 0.4) is 0 Å². The van der Waals surface area contributed by atoms with Gasteiger partial charge in [-0.2, -0.15) is 0 Å². The predicted octanol–water partition coefficient (Wildman–Crippen LogP) is 4.02. The monoisotopic (exact) mass is 399 g/mol. The molecule has 2 aromatic heterocycles. The van der Waals surface area contributed by atoms with Crippen LogP contribution in [0.1, 0.15) is 52.9 Å². The Morgan fingerprint density at radius 1 is 1.32 bits per heavy atom. The van der Waals surface area contributed by atoms with Gasteiger partial charge in [0.05, 0.1) is 23.1 Å². The zero-order valence-electron chi connectivity index (χ0n) is 15.7. The standard InChI is InChI=1S/C21H22FN3O2S/c1-13-17-20(28-18(13)19(26)24-16-8-3-2-4-9-16)23-12-25(21(17)27)11-14-6-5-7-15(22)10-14/h5-7,10,12,16H,2-4,8-9,11H2,1H3,(H,24,26). The number of carbonyl (C=O) groups is 1. The molecule has 1 aromatic carbocycles. The average molecular weight is 399 g/mol. The highest BCUT2D eigenvalue weighted by Gasteiger charge is 2.22. The van der Waals surface area contributed by atoms with Crippen molar-refractivity contribution < 1.29 is 9.18 Å². The van der Waals surface area contributed by atoms with Crippen LogP contribution < -0.4 is 10.9 Å². The molecule has 0 saturated heterocycles. The van der Waals surface area contributed by atoms with Gasteiger partial charge in [0, 0.05) is 6.04 Å². The number of halogens is 1. The van der Waals surface area contributed by atoms with Crippen LogP contribution in [-0.2, 0) is 6.54 Å². The Morgan fingerprint density at radius 3 is 2.86 bits per heavy atom. The molecule has 146 valence electrons. The van der Waals surface area contributed by atoms with Gasteiger partial charge in [0.15, 0.2) is 0 Å². The van der Waals surface area contributed by atoms with Crippen molar-refractivity contribution in [2.75, 3.05) is 0 Å². The van der Waals surface area contributed by atoms with E-state index in [9.17, 15) is 14.0 Å². The number of carbonyl (C=O) groups excluding carboxylic acids is 1. The number of nitrogens with one attached hydrogen (secondary N) is 1. The van der Waals surface area contributed by atoms with Gasteiger partial charge in [0.1, 0.15) is 10.6 Å². The van der Waals surface area contributed by atoms with E-state index in [0.29, 0.717) is 26.2 Å². The van der Waals surface area contributed by atoms with Crippen LogP contribution in [0.15, 0.2) is 35.4 Å². The molecule has 4 rings (SSSR count). The van der Waals surface area contributed by atoms with Crippen LogP contribution in [0, 0.1) is 12.7 Å². The Hall–Kier alpha value is -2.54. The molecule has 28 heavy (non-hydrogen) atoms. The van der Waals surface area contributed by atoms with Crippen LogP contribution in [0.5, 0.6) is 0 Å². The van der Waals surface area contributed by atoms with Crippen molar-refractivity contribution in [3.05, 3.63) is 62.8 Å². The molecule has 0 spiro atoms. The lowest BCUT2D eigenvalue weighted by Gasteiger charge is -2.22. The number of aromatic nitrogens is 2. The van der Waals surface area contributed by atoms with Gasteiger partial charge in [-0.05, 0) is 43.0 Å². The maximum Gasteiger partial charge on any atom is 0.262 e. The molecule has 2 heterocycles. The van der Waals surface area contributed by atoms with Gasteiger partial charge >= 0.3 is 0 Å². The number of amides is 1. The summed E-state index contributed by atoms with van der Waals surface area (Å²) in [6, 6.07) is 6.37. The van der Waals surface area contributed by atoms with E-state index in [2.05, 4.69) is 10.3 Å². The SMILES string of the molecule is Cc1c(C(=O)NC2CCCCC2)sc2ncn(Cc3cccc(F)c3)c(=O)c12. The van der Waals surface area contributed by atoms with Crippen molar-refractivity contribution >= 4 is 27.5 Å². The molecular formula is C21H22FN3O2S. The van der Waals surface area contributed by atoms with Crippen LogP contribution in [-0.4, -0.2) is 21.5 Å². The second-order valence-corrected chi connectivity index (χ2v) is 8.35. The first-order valence-corrected chi connectivity index (χ1v) is 10.4. The van der Waals surface area contributed by atoms with Gasteiger partial charge in [0.25, 0.3) is 11.5 Å². The van der Waals surface area contributed by atoms with Gasteiger partial charge < -0.3 is 5.32 Å². The lowest BCUT2D eigenvalue weighted by Crippen LogP contribution is -2.36. The van der Waals surface area contributed by atoms with E-state index in [4.69, 9.17) is 0 Å². The lowest BCUT2D eigenvalue weighted by atomic mass is 9.95. The Bertz CT molecular complexity index is 1080. The zero-order valence-corrected chi connectivity index (χ0v) is 16.5. The summed E-state index contributed by atoms with van der Waals surface area (Å²) in [5.74, 6) is -0.462. The first-order chi connectivity index (χ1) is 13.5. The molecule has 1 amide bonds. The molecule has 1 saturated carbocycles. The number of benzene rings is 1. The van der Waals surface area contributed by atoms with Gasteiger partial charge in [0.2, 0.25) is 0 Å². The summed E-state index contributed by atoms with van der Waals surface area (Å²) in [7, 11) is 0. The number of fused-ring (bicyclic) bond motifs is 1. The molecule has 0 atom stereocenters. The molecule has 1 N–H and O–H groups in total. The van der Waals surface area contributed by atoms with E-state index < -0.39 is 0 Å². The number of hydrogen-bond acceptors (Lipinski definition) is 4. The summed E-state index contributed by atoms with van der Waals surface area (Å²) >= 11 is 1.26. The van der Waals surface area contributed by atoms with E-state index in [1.165, 1.54) is 40.8 Å². The normalized spacial score (nSPS) is 15.1. The van der Waals surface area contributed by atoms with Crippen molar-refractivity contribution in [1.82, 2.24) is 14.9 Å². The summed E-state index contributed by atoms with van der Waals surface area (Å²) in [5, 5.41) is 3.58. The molecule has 1 fully saturated rings. The number of nitrogens with zero attached hydrogens (tertiary/aromatic N) is 2. The van der Waals surface area contributed by atoms with Gasteiger partial charge in [-0.25, -0.2) is 9.37 Å². The van der Waals surface area contributed by atoms with E-state index in [-0.39, 0.29) is 29.9 Å². The number of thiophene rings is 1. The number of aryl methyl sites for hydroxylation is 1. The van der Waals surface area contributed by atoms with Gasteiger partial charge in [-0.1, -0.05) is 31.4 Å². The Labute approximate surface area is 166 Å². The molecule has 5 nitrogen and oxygen atoms in total. The Morgan fingerprint density at radius 2 is 2.11 bits per heavy atom. The van der Waals surface area contributed by atoms with E-state index in [1.54, 1.807) is 19.1 Å². The highest BCUT2D eigenvalue weighted by molar-refractivity contribution is 7.20. The topological polar surface area (TPSA) is 64.0 Å². The minimum atomic E-state index is -0.340. The first kappa shape index (κ1) is 18.8. The van der Waals surface area contributed by atoms with Crippen LogP contribution in [0.4, 0.5) is 4.39 Å². The summed E-state index contributed by atoms with van der Waals surface area (Å²) < 4.78 is 14.9. The summed E-state index contributed by atoms with van der Waals surface area (Å²) in [4.78, 5) is 31.2. The highest BCUT2D eigenvalue weighted by atomic mass is 32.1. The minimum absolute atomic E-state index is 0.122. The third-order valence-electron chi connectivity index (χ3n) is 5.31. The highest BCUT2D eigenvalue weighted by Crippen LogP contribution is 2.27. The van der Waals surface area contributed by atoms with Gasteiger partial charge in [-0.3, -0.25) is 14.2 Å². The lowest BCUT2D eigenvalue weighted by molar-refractivity contribution is 0.0931. The van der Waals surface area contributed by atoms with E-state index in [0.717, 1.165) is 25.7 Å². The first-order valence-electron chi connectivity index (χ1n) is 9.57. The van der Waals surface area contributed by atoms with E-state index in [1.807, 2.05) is 0 Å². The fourth-order valence-electron chi connectivity index (χ4n) is 3.82. The quantitative estimate of drug-likeness (QED) is 0.721. The smallest absolute Gasteiger partial charge is 0.262 e. The largest absolute Gasteiger partial charge is 0.349 e. The predicted molar refractivity (Wildman–Crippen MR) is 108 cm³/mol. The zero-order chi connectivity index (χ0) is 19.7. The third-order valence-corrected chi connectivity index (χ3v) is 6.50. The summed E-state index contributed by atoms with van der Waals surface area (Å²) in [6.07, 6.45) is 6.99. The van der Waals surface area contributed by atoms with Crippen LogP contribution in [0.25, 0.3) is 10.2 Å². The molecule has 3 aromatic rings. The number of hydrogen-bond donors (Lipinski definition) is 1. The van der Waals surface area contributed by atoms with Crippen molar-refractivity contribution in [3.8, 4) is 0 Å². The molecule has 0 aliphatic heterocycles. The summed E-state index contributed by atoms with van der Waals surface area (Å²) in [6.45, 7) is 2.03. The molecule has 0 unspecified atom stereocenters. The average Bonchev–Trinajstić information content (AvgIpc) is 3.02. The Kier molecular flexibility index (Phi) is 5.26. The minimum Gasteiger partial charge on any atom is -0.349 e. The second kappa shape index (κ2) is 7.83. The summed E-state index contributed by atoms with van der Waals surface area (Å²) in [5.41, 5.74) is 1.14. The molecule has 0 bridgehead atoms. The van der Waals surface area contributed by atoms with Gasteiger partial charge in [-0.15, -0.1) is 11.3 Å². The van der Waals surface area contributed by atoms with Crippen molar-refractivity contribution in [2.24, 2.45) is 0 Å². The molecule has 7 heteroatoms. The van der Waals surface area contributed by atoms with E-state index >= 15 is 0 Å². The number of rotatable bonds is 4. The van der Waals surface area contributed by atoms with Crippen molar-refractivity contribution in [1.29, 1.82) is 0 Å². The fraction of sp³-hybridized carbons (Fsp3) is 0.381. The maximum absolute atomic E-state index is 13.4. The van der Waals surface area contributed by atoms with Crippen molar-refractivity contribution in [2.45, 2.75) is 51.6 Å². The molecule has 1 aliphatic rings. The molecule has 0 radical (unpaired) electrons. The fourth-order valence-corrected chi connectivity index (χ4v) is 4.86. The van der Waals surface area contributed by atoms with Crippen molar-refractivity contribution in [3.63, 3.8) is 0 Å². The molecular weight excluding hydrogens is 377 g/mol. The maximum atomic E-state index is 13.4. The third kappa shape index (κ3) is 3.71. The van der Waals surface area contributed by atoms with Crippen LogP contribution in [0.2, 0.25) is 0 Å². The Balaban J connectivity index is 1.64. The van der Waals surface area contributed by atoms with Crippen LogP contribution >= 0.6 is 11.3 Å². The second-order valence-electron chi connectivity index (χ2n) is 7.35. The molecule has 1 aliphatic carbocycles.